The third-order valence-corrected chi connectivity index (χ3v) is 3.91. The number of rotatable bonds is 3. The van der Waals surface area contributed by atoms with Gasteiger partial charge < -0.3 is 0 Å². The van der Waals surface area contributed by atoms with E-state index in [9.17, 15) is 9.59 Å². The SMILES string of the molecule is CCCC1C(=O)C(C(C)C)C(C(C)(C)C)C1=O. The molecule has 1 fully saturated rings. The quantitative estimate of drug-likeness (QED) is 0.705. The first-order valence-electron chi connectivity index (χ1n) is 6.79. The molecule has 0 aromatic carbocycles. The summed E-state index contributed by atoms with van der Waals surface area (Å²) < 4.78 is 0. The minimum absolute atomic E-state index is 0.0703. The molecule has 1 aliphatic rings. The highest BCUT2D eigenvalue weighted by molar-refractivity contribution is 6.11. The Morgan fingerprint density at radius 3 is 1.94 bits per heavy atom. The van der Waals surface area contributed by atoms with Crippen LogP contribution in [-0.2, 0) is 9.59 Å². The van der Waals surface area contributed by atoms with Gasteiger partial charge in [-0.05, 0) is 17.8 Å². The number of Topliss-reactive ketones (excluding diaryl/α,β-unsaturated/α-hetero) is 2. The highest BCUT2D eigenvalue weighted by Crippen LogP contribution is 2.45. The van der Waals surface area contributed by atoms with E-state index in [1.807, 2.05) is 6.92 Å². The molecule has 0 aliphatic heterocycles. The summed E-state index contributed by atoms with van der Waals surface area (Å²) in [5.41, 5.74) is -0.107. The summed E-state index contributed by atoms with van der Waals surface area (Å²) in [7, 11) is 0. The lowest BCUT2D eigenvalue weighted by Crippen LogP contribution is -2.33. The van der Waals surface area contributed by atoms with Crippen molar-refractivity contribution in [3.63, 3.8) is 0 Å². The van der Waals surface area contributed by atoms with Crippen LogP contribution in [0.1, 0.15) is 54.4 Å². The number of ketones is 2. The van der Waals surface area contributed by atoms with Crippen molar-refractivity contribution < 1.29 is 9.59 Å². The molecule has 0 aromatic heterocycles. The molecule has 0 spiro atoms. The van der Waals surface area contributed by atoms with E-state index in [4.69, 9.17) is 0 Å². The molecule has 1 saturated carbocycles. The van der Waals surface area contributed by atoms with Crippen molar-refractivity contribution in [2.24, 2.45) is 29.1 Å². The van der Waals surface area contributed by atoms with E-state index in [1.165, 1.54) is 0 Å². The lowest BCUT2D eigenvalue weighted by Gasteiger charge is -2.31. The molecule has 2 heteroatoms. The number of hydrogen-bond donors (Lipinski definition) is 0. The van der Waals surface area contributed by atoms with Crippen LogP contribution in [0.4, 0.5) is 0 Å². The van der Waals surface area contributed by atoms with E-state index in [2.05, 4.69) is 34.6 Å². The van der Waals surface area contributed by atoms with Gasteiger partial charge in [0.2, 0.25) is 0 Å². The summed E-state index contributed by atoms with van der Waals surface area (Å²) in [6, 6.07) is 0. The van der Waals surface area contributed by atoms with Gasteiger partial charge in [-0.1, -0.05) is 48.0 Å². The highest BCUT2D eigenvalue weighted by Gasteiger charge is 2.53. The fraction of sp³-hybridized carbons (Fsp3) is 0.867. The molecular weight excluding hydrogens is 212 g/mol. The van der Waals surface area contributed by atoms with Gasteiger partial charge in [0.1, 0.15) is 11.6 Å². The Labute approximate surface area is 105 Å². The second kappa shape index (κ2) is 4.91. The standard InChI is InChI=1S/C15H26O2/c1-7-8-10-13(16)11(9(2)3)12(14(10)17)15(4,5)6/h9-12H,7-8H2,1-6H3. The first kappa shape index (κ1) is 14.4. The third kappa shape index (κ3) is 2.61. The number of hydrogen-bond acceptors (Lipinski definition) is 2. The van der Waals surface area contributed by atoms with E-state index in [-0.39, 0.29) is 40.7 Å². The van der Waals surface area contributed by atoms with Crippen LogP contribution in [-0.4, -0.2) is 11.6 Å². The van der Waals surface area contributed by atoms with Crippen molar-refractivity contribution in [3.05, 3.63) is 0 Å². The largest absolute Gasteiger partial charge is 0.299 e. The minimum atomic E-state index is -0.323. The molecular formula is C15H26O2. The van der Waals surface area contributed by atoms with Crippen LogP contribution in [0.15, 0.2) is 0 Å². The number of carbonyl (C=O) groups is 2. The first-order valence-corrected chi connectivity index (χ1v) is 6.79. The van der Waals surface area contributed by atoms with Gasteiger partial charge >= 0.3 is 0 Å². The predicted molar refractivity (Wildman–Crippen MR) is 69.7 cm³/mol. The zero-order valence-corrected chi connectivity index (χ0v) is 12.0. The van der Waals surface area contributed by atoms with Gasteiger partial charge in [-0.25, -0.2) is 0 Å². The van der Waals surface area contributed by atoms with Crippen LogP contribution in [0.25, 0.3) is 0 Å². The second-order valence-corrected chi connectivity index (χ2v) is 6.76. The Kier molecular flexibility index (Phi) is 4.16. The Bertz CT molecular complexity index is 309. The topological polar surface area (TPSA) is 34.1 Å². The normalized spacial score (nSPS) is 30.4. The summed E-state index contributed by atoms with van der Waals surface area (Å²) in [6.45, 7) is 12.4. The Hall–Kier alpha value is -0.660. The molecule has 1 aliphatic carbocycles. The van der Waals surface area contributed by atoms with Crippen LogP contribution in [0, 0.1) is 29.1 Å². The van der Waals surface area contributed by atoms with Crippen LogP contribution in [0.5, 0.6) is 0 Å². The molecule has 0 heterocycles. The van der Waals surface area contributed by atoms with Crippen LogP contribution in [0.3, 0.4) is 0 Å². The zero-order valence-electron chi connectivity index (χ0n) is 12.0. The lowest BCUT2D eigenvalue weighted by atomic mass is 9.71. The Morgan fingerprint density at radius 1 is 1.12 bits per heavy atom. The second-order valence-electron chi connectivity index (χ2n) is 6.76. The van der Waals surface area contributed by atoms with Gasteiger partial charge in [0.15, 0.2) is 0 Å². The molecule has 17 heavy (non-hydrogen) atoms. The van der Waals surface area contributed by atoms with Gasteiger partial charge in [0, 0.05) is 11.8 Å². The highest BCUT2D eigenvalue weighted by atomic mass is 16.2. The Morgan fingerprint density at radius 2 is 1.65 bits per heavy atom. The summed E-state index contributed by atoms with van der Waals surface area (Å²) in [6.07, 6.45) is 1.64. The van der Waals surface area contributed by atoms with Crippen molar-refractivity contribution in [1.82, 2.24) is 0 Å². The molecule has 0 N–H and O–H groups in total. The van der Waals surface area contributed by atoms with Gasteiger partial charge in [-0.3, -0.25) is 9.59 Å². The fourth-order valence-electron chi connectivity index (χ4n) is 3.18. The molecule has 0 saturated heterocycles. The van der Waals surface area contributed by atoms with E-state index in [1.54, 1.807) is 0 Å². The summed E-state index contributed by atoms with van der Waals surface area (Å²) in [5, 5.41) is 0. The van der Waals surface area contributed by atoms with Crippen LogP contribution in [0.2, 0.25) is 0 Å². The van der Waals surface area contributed by atoms with Crippen molar-refractivity contribution in [1.29, 1.82) is 0 Å². The van der Waals surface area contributed by atoms with Gasteiger partial charge in [-0.2, -0.15) is 0 Å². The van der Waals surface area contributed by atoms with E-state index in [0.29, 0.717) is 0 Å². The molecule has 2 nitrogen and oxygen atoms in total. The zero-order chi connectivity index (χ0) is 13.4. The molecule has 1 rings (SSSR count). The summed E-state index contributed by atoms with van der Waals surface area (Å²) >= 11 is 0. The van der Waals surface area contributed by atoms with Crippen molar-refractivity contribution in [2.75, 3.05) is 0 Å². The molecule has 3 atom stereocenters. The molecule has 0 amide bonds. The van der Waals surface area contributed by atoms with E-state index in [0.717, 1.165) is 12.8 Å². The summed E-state index contributed by atoms with van der Waals surface area (Å²) in [4.78, 5) is 24.8. The predicted octanol–water partition coefficient (Wildman–Crippen LogP) is 3.49. The molecule has 3 unspecified atom stereocenters. The first-order chi connectivity index (χ1) is 7.71. The van der Waals surface area contributed by atoms with Crippen LogP contribution >= 0.6 is 0 Å². The lowest BCUT2D eigenvalue weighted by molar-refractivity contribution is -0.129. The molecule has 0 radical (unpaired) electrons. The molecule has 98 valence electrons. The van der Waals surface area contributed by atoms with Crippen molar-refractivity contribution >= 4 is 11.6 Å². The van der Waals surface area contributed by atoms with Gasteiger partial charge in [0.25, 0.3) is 0 Å². The average molecular weight is 238 g/mol. The monoisotopic (exact) mass is 238 g/mol. The minimum Gasteiger partial charge on any atom is -0.299 e. The van der Waals surface area contributed by atoms with Crippen molar-refractivity contribution in [2.45, 2.75) is 54.4 Å². The van der Waals surface area contributed by atoms with Crippen molar-refractivity contribution in [3.8, 4) is 0 Å². The van der Waals surface area contributed by atoms with E-state index >= 15 is 0 Å². The summed E-state index contributed by atoms with van der Waals surface area (Å²) in [5.74, 6) is 0.176. The van der Waals surface area contributed by atoms with Gasteiger partial charge in [0.05, 0.1) is 5.92 Å². The van der Waals surface area contributed by atoms with Crippen LogP contribution < -0.4 is 0 Å². The Balaban J connectivity index is 3.10. The fourth-order valence-corrected chi connectivity index (χ4v) is 3.18. The van der Waals surface area contributed by atoms with E-state index < -0.39 is 0 Å². The number of carbonyl (C=O) groups excluding carboxylic acids is 2. The maximum Gasteiger partial charge on any atom is 0.147 e. The third-order valence-electron chi connectivity index (χ3n) is 3.91. The molecule has 0 bridgehead atoms. The maximum absolute atomic E-state index is 12.4. The maximum atomic E-state index is 12.4. The van der Waals surface area contributed by atoms with Gasteiger partial charge in [-0.15, -0.1) is 0 Å². The average Bonchev–Trinajstić information content (AvgIpc) is 2.41. The smallest absolute Gasteiger partial charge is 0.147 e. The molecule has 0 aromatic rings.